The summed E-state index contributed by atoms with van der Waals surface area (Å²) in [6.45, 7) is 8.06. The molecule has 0 saturated carbocycles. The predicted octanol–water partition coefficient (Wildman–Crippen LogP) is 4.66. The number of anilines is 2. The Morgan fingerprint density at radius 2 is 1.83 bits per heavy atom. The van der Waals surface area contributed by atoms with Gasteiger partial charge in [-0.25, -0.2) is 4.79 Å². The molecular weight excluding hydrogens is 328 g/mol. The van der Waals surface area contributed by atoms with Crippen LogP contribution < -0.4 is 10.6 Å². The summed E-state index contributed by atoms with van der Waals surface area (Å²) in [5.74, 6) is -0.324. The molecule has 2 N–H and O–H groups in total. The largest absolute Gasteiger partial charge is 0.462 e. The molecule has 0 aliphatic carbocycles. The number of carbonyl (C=O) groups is 1. The number of esters is 1. The molecule has 0 aliphatic heterocycles. The molecule has 0 unspecified atom stereocenters. The van der Waals surface area contributed by atoms with Crippen molar-refractivity contribution in [2.24, 2.45) is 0 Å². The van der Waals surface area contributed by atoms with Gasteiger partial charge in [-0.2, -0.15) is 0 Å². The number of thiophene rings is 1. The van der Waals surface area contributed by atoms with Crippen molar-refractivity contribution in [2.75, 3.05) is 17.2 Å². The maximum Gasteiger partial charge on any atom is 0.341 e. The quantitative estimate of drug-likeness (QED) is 0.622. The molecule has 0 radical (unpaired) electrons. The molecule has 0 spiro atoms. The normalized spacial score (nSPS) is 10.3. The van der Waals surface area contributed by atoms with Crippen LogP contribution in [0, 0.1) is 20.8 Å². The standard InChI is InChI=1S/C17H20N2O2S2/c1-5-21-16(20)14-11(3)12(4)23-15(14)19-17(22)18-13-8-6-10(2)7-9-13/h6-9H,5H2,1-4H3,(H2,18,19,22). The minimum Gasteiger partial charge on any atom is -0.462 e. The molecule has 0 aliphatic rings. The lowest BCUT2D eigenvalue weighted by Crippen LogP contribution is -2.20. The van der Waals surface area contributed by atoms with Crippen LogP contribution in [0.25, 0.3) is 0 Å². The van der Waals surface area contributed by atoms with Crippen LogP contribution in [0.5, 0.6) is 0 Å². The Morgan fingerprint density at radius 1 is 1.17 bits per heavy atom. The fourth-order valence-electron chi connectivity index (χ4n) is 2.07. The summed E-state index contributed by atoms with van der Waals surface area (Å²) in [5, 5.41) is 7.39. The Kier molecular flexibility index (Phi) is 5.74. The van der Waals surface area contributed by atoms with Gasteiger partial charge in [-0.1, -0.05) is 17.7 Å². The molecule has 0 saturated heterocycles. The minimum atomic E-state index is -0.324. The molecule has 0 atom stereocenters. The molecule has 1 heterocycles. The van der Waals surface area contributed by atoms with E-state index in [1.165, 1.54) is 16.9 Å². The third kappa shape index (κ3) is 4.30. The summed E-state index contributed by atoms with van der Waals surface area (Å²) >= 11 is 6.84. The number of ether oxygens (including phenoxy) is 1. The van der Waals surface area contributed by atoms with E-state index in [-0.39, 0.29) is 5.97 Å². The number of carbonyl (C=O) groups excluding carboxylic acids is 1. The van der Waals surface area contributed by atoms with Crippen molar-refractivity contribution < 1.29 is 9.53 Å². The first-order chi connectivity index (χ1) is 10.9. The first-order valence-corrected chi connectivity index (χ1v) is 8.56. The monoisotopic (exact) mass is 348 g/mol. The zero-order valence-electron chi connectivity index (χ0n) is 13.6. The lowest BCUT2D eigenvalue weighted by Gasteiger charge is -2.11. The van der Waals surface area contributed by atoms with E-state index >= 15 is 0 Å². The van der Waals surface area contributed by atoms with Crippen LogP contribution in [0.15, 0.2) is 24.3 Å². The Labute approximate surface area is 145 Å². The lowest BCUT2D eigenvalue weighted by atomic mass is 10.1. The van der Waals surface area contributed by atoms with E-state index in [9.17, 15) is 4.79 Å². The molecule has 0 amide bonds. The van der Waals surface area contributed by atoms with Gasteiger partial charge in [0, 0.05) is 10.6 Å². The van der Waals surface area contributed by atoms with Crippen LogP contribution in [0.1, 0.15) is 33.3 Å². The highest BCUT2D eigenvalue weighted by Crippen LogP contribution is 2.33. The number of nitrogens with one attached hydrogen (secondary N) is 2. The van der Waals surface area contributed by atoms with Crippen molar-refractivity contribution in [3.05, 3.63) is 45.8 Å². The van der Waals surface area contributed by atoms with Crippen molar-refractivity contribution in [3.8, 4) is 0 Å². The topological polar surface area (TPSA) is 50.4 Å². The van der Waals surface area contributed by atoms with E-state index in [1.807, 2.05) is 45.0 Å². The third-order valence-corrected chi connectivity index (χ3v) is 4.73. The summed E-state index contributed by atoms with van der Waals surface area (Å²) in [6, 6.07) is 7.93. The van der Waals surface area contributed by atoms with E-state index in [4.69, 9.17) is 17.0 Å². The molecule has 4 nitrogen and oxygen atoms in total. The second-order valence-electron chi connectivity index (χ2n) is 5.15. The highest BCUT2D eigenvalue weighted by atomic mass is 32.1. The summed E-state index contributed by atoms with van der Waals surface area (Å²) < 4.78 is 5.14. The smallest absolute Gasteiger partial charge is 0.341 e. The number of hydrogen-bond donors (Lipinski definition) is 2. The van der Waals surface area contributed by atoms with E-state index in [0.717, 1.165) is 16.1 Å². The van der Waals surface area contributed by atoms with Gasteiger partial charge in [0.05, 0.1) is 12.2 Å². The molecular formula is C17H20N2O2S2. The highest BCUT2D eigenvalue weighted by Gasteiger charge is 2.21. The van der Waals surface area contributed by atoms with Crippen LogP contribution in [-0.4, -0.2) is 17.7 Å². The van der Waals surface area contributed by atoms with Gasteiger partial charge in [-0.15, -0.1) is 11.3 Å². The Hall–Kier alpha value is -1.92. The second-order valence-corrected chi connectivity index (χ2v) is 6.79. The lowest BCUT2D eigenvalue weighted by molar-refractivity contribution is 0.0527. The number of rotatable bonds is 4. The van der Waals surface area contributed by atoms with Crippen molar-refractivity contribution >= 4 is 45.3 Å². The van der Waals surface area contributed by atoms with Gasteiger partial charge >= 0.3 is 5.97 Å². The van der Waals surface area contributed by atoms with Crippen molar-refractivity contribution in [3.63, 3.8) is 0 Å². The second kappa shape index (κ2) is 7.57. The Balaban J connectivity index is 2.16. The molecule has 0 bridgehead atoms. The number of hydrogen-bond acceptors (Lipinski definition) is 4. The van der Waals surface area contributed by atoms with Crippen molar-refractivity contribution in [1.82, 2.24) is 0 Å². The molecule has 6 heteroatoms. The van der Waals surface area contributed by atoms with Gasteiger partial charge in [-0.05, 0) is 57.6 Å². The first-order valence-electron chi connectivity index (χ1n) is 7.34. The molecule has 1 aromatic heterocycles. The maximum absolute atomic E-state index is 12.2. The molecule has 1 aromatic carbocycles. The fourth-order valence-corrected chi connectivity index (χ4v) is 3.40. The summed E-state index contributed by atoms with van der Waals surface area (Å²) in [6.07, 6.45) is 0. The third-order valence-electron chi connectivity index (χ3n) is 3.40. The SMILES string of the molecule is CCOC(=O)c1c(NC(=S)Nc2ccc(C)cc2)sc(C)c1C. The van der Waals surface area contributed by atoms with E-state index in [0.29, 0.717) is 22.3 Å². The Morgan fingerprint density at radius 3 is 2.43 bits per heavy atom. The maximum atomic E-state index is 12.2. The van der Waals surface area contributed by atoms with E-state index in [2.05, 4.69) is 10.6 Å². The first kappa shape index (κ1) is 17.4. The van der Waals surface area contributed by atoms with Crippen LogP contribution in [0.2, 0.25) is 0 Å². The van der Waals surface area contributed by atoms with Crippen molar-refractivity contribution in [1.29, 1.82) is 0 Å². The van der Waals surface area contributed by atoms with E-state index in [1.54, 1.807) is 6.92 Å². The summed E-state index contributed by atoms with van der Waals surface area (Å²) in [4.78, 5) is 13.2. The van der Waals surface area contributed by atoms with Gasteiger partial charge < -0.3 is 15.4 Å². The highest BCUT2D eigenvalue weighted by molar-refractivity contribution is 7.80. The van der Waals surface area contributed by atoms with Gasteiger partial charge in [0.25, 0.3) is 0 Å². The average molecular weight is 348 g/mol. The summed E-state index contributed by atoms with van der Waals surface area (Å²) in [7, 11) is 0. The van der Waals surface area contributed by atoms with Crippen LogP contribution in [-0.2, 0) is 4.74 Å². The zero-order valence-corrected chi connectivity index (χ0v) is 15.3. The predicted molar refractivity (Wildman–Crippen MR) is 101 cm³/mol. The fraction of sp³-hybridized carbons (Fsp3) is 0.294. The molecule has 2 rings (SSSR count). The number of thiocarbonyl (C=S) groups is 1. The molecule has 2 aromatic rings. The van der Waals surface area contributed by atoms with Crippen LogP contribution in [0.3, 0.4) is 0 Å². The average Bonchev–Trinajstić information content (AvgIpc) is 2.76. The zero-order chi connectivity index (χ0) is 17.0. The van der Waals surface area contributed by atoms with E-state index < -0.39 is 0 Å². The molecule has 0 fully saturated rings. The van der Waals surface area contributed by atoms with Gasteiger partial charge in [0.15, 0.2) is 5.11 Å². The summed E-state index contributed by atoms with van der Waals surface area (Å²) in [5.41, 5.74) is 3.57. The van der Waals surface area contributed by atoms with Gasteiger partial charge in [0.1, 0.15) is 5.00 Å². The van der Waals surface area contributed by atoms with Gasteiger partial charge in [-0.3, -0.25) is 0 Å². The van der Waals surface area contributed by atoms with Crippen LogP contribution in [0.4, 0.5) is 10.7 Å². The molecule has 122 valence electrons. The molecule has 23 heavy (non-hydrogen) atoms. The van der Waals surface area contributed by atoms with Crippen molar-refractivity contribution in [2.45, 2.75) is 27.7 Å². The minimum absolute atomic E-state index is 0.324. The number of benzene rings is 1. The number of aryl methyl sites for hydroxylation is 2. The Bertz CT molecular complexity index is 721. The van der Waals surface area contributed by atoms with Gasteiger partial charge in [0.2, 0.25) is 0 Å². The van der Waals surface area contributed by atoms with Crippen LogP contribution >= 0.6 is 23.6 Å².